The zero-order chi connectivity index (χ0) is 10.0. The van der Waals surface area contributed by atoms with E-state index in [2.05, 4.69) is 20.9 Å². The number of rotatable bonds is 2. The highest BCUT2D eigenvalue weighted by atomic mass is 127. The van der Waals surface area contributed by atoms with Gasteiger partial charge in [0.25, 0.3) is 6.43 Å². The summed E-state index contributed by atoms with van der Waals surface area (Å²) in [7, 11) is 1.43. The van der Waals surface area contributed by atoms with E-state index in [0.29, 0.717) is 13.9 Å². The van der Waals surface area contributed by atoms with Crippen LogP contribution < -0.4 is 4.74 Å². The van der Waals surface area contributed by atoms with Crippen LogP contribution in [0, 0.1) is 3.57 Å². The molecule has 0 atom stereocenters. The number of hydrogen-bond donors (Lipinski definition) is 0. The van der Waals surface area contributed by atoms with Gasteiger partial charge in [0, 0.05) is 6.07 Å². The third kappa shape index (κ3) is 2.49. The van der Waals surface area contributed by atoms with Crippen LogP contribution in [-0.2, 0) is 0 Å². The average Bonchev–Trinajstić information content (AvgIpc) is 2.09. The molecule has 6 heteroatoms. The second-order valence-corrected chi connectivity index (χ2v) is 3.98. The number of nitrogens with zero attached hydrogens (tertiary/aromatic N) is 1. The molecule has 72 valence electrons. The Bertz CT molecular complexity index is 322. The lowest BCUT2D eigenvalue weighted by molar-refractivity contribution is 0.145. The molecule has 0 radical (unpaired) electrons. The first-order valence-electron chi connectivity index (χ1n) is 3.24. The maximum atomic E-state index is 12.3. The number of alkyl halides is 2. The van der Waals surface area contributed by atoms with Gasteiger partial charge < -0.3 is 4.74 Å². The molecular weight excluding hydrogens is 359 g/mol. The smallest absolute Gasteiger partial charge is 0.280 e. The molecule has 0 fully saturated rings. The largest absolute Gasteiger partial charge is 0.495 e. The van der Waals surface area contributed by atoms with E-state index in [-0.39, 0.29) is 5.69 Å². The maximum absolute atomic E-state index is 12.3. The monoisotopic (exact) mass is 363 g/mol. The Balaban J connectivity index is 3.22. The second-order valence-electron chi connectivity index (χ2n) is 2.15. The van der Waals surface area contributed by atoms with Crippen LogP contribution in [0.5, 0.6) is 5.75 Å². The molecule has 0 saturated carbocycles. The van der Waals surface area contributed by atoms with E-state index in [1.807, 2.05) is 22.6 Å². The molecular formula is C7H5BrF2INO. The molecule has 0 amide bonds. The third-order valence-electron chi connectivity index (χ3n) is 1.35. The van der Waals surface area contributed by atoms with Crippen molar-refractivity contribution in [3.63, 3.8) is 0 Å². The number of aromatic nitrogens is 1. The van der Waals surface area contributed by atoms with Crippen LogP contribution in [0.2, 0.25) is 0 Å². The molecule has 2 nitrogen and oxygen atoms in total. The SMILES string of the molecule is COc1cc(C(F)F)nc(Br)c1I. The number of hydrogen-bond acceptors (Lipinski definition) is 2. The molecule has 0 aliphatic rings. The van der Waals surface area contributed by atoms with E-state index in [9.17, 15) is 8.78 Å². The zero-order valence-corrected chi connectivity index (χ0v) is 10.3. The molecule has 13 heavy (non-hydrogen) atoms. The zero-order valence-electron chi connectivity index (χ0n) is 6.52. The minimum atomic E-state index is -2.58. The fourth-order valence-electron chi connectivity index (χ4n) is 0.754. The molecule has 1 aromatic rings. The van der Waals surface area contributed by atoms with E-state index >= 15 is 0 Å². The molecule has 0 aromatic carbocycles. The Labute approximate surface area is 96.0 Å². The summed E-state index contributed by atoms with van der Waals surface area (Å²) < 4.78 is 30.5. The molecule has 0 N–H and O–H groups in total. The number of ether oxygens (including phenoxy) is 1. The Morgan fingerprint density at radius 2 is 2.23 bits per heavy atom. The van der Waals surface area contributed by atoms with Crippen molar-refractivity contribution >= 4 is 38.5 Å². The van der Waals surface area contributed by atoms with E-state index in [1.54, 1.807) is 0 Å². The van der Waals surface area contributed by atoms with Crippen molar-refractivity contribution in [3.05, 3.63) is 19.9 Å². The first kappa shape index (κ1) is 11.1. The molecule has 1 rings (SSSR count). The van der Waals surface area contributed by atoms with Crippen LogP contribution in [0.15, 0.2) is 10.7 Å². The summed E-state index contributed by atoms with van der Waals surface area (Å²) in [6.45, 7) is 0. The van der Waals surface area contributed by atoms with Gasteiger partial charge in [-0.05, 0) is 38.5 Å². The Morgan fingerprint density at radius 3 is 2.69 bits per heavy atom. The Hall–Kier alpha value is 0.0200. The second kappa shape index (κ2) is 4.50. The molecule has 1 heterocycles. The van der Waals surface area contributed by atoms with Crippen molar-refractivity contribution in [2.24, 2.45) is 0 Å². The maximum Gasteiger partial charge on any atom is 0.280 e. The summed E-state index contributed by atoms with van der Waals surface area (Å²) in [6.07, 6.45) is -2.58. The third-order valence-corrected chi connectivity index (χ3v) is 3.70. The summed E-state index contributed by atoms with van der Waals surface area (Å²) in [5, 5.41) is 0. The first-order chi connectivity index (χ1) is 6.06. The Kier molecular flexibility index (Phi) is 3.84. The highest BCUT2D eigenvalue weighted by molar-refractivity contribution is 14.1. The van der Waals surface area contributed by atoms with Crippen LogP contribution in [-0.4, -0.2) is 12.1 Å². The van der Waals surface area contributed by atoms with Crippen LogP contribution in [0.25, 0.3) is 0 Å². The number of halogens is 4. The van der Waals surface area contributed by atoms with Gasteiger partial charge in [-0.2, -0.15) is 0 Å². The number of pyridine rings is 1. The normalized spacial score (nSPS) is 10.6. The van der Waals surface area contributed by atoms with Crippen molar-refractivity contribution < 1.29 is 13.5 Å². The van der Waals surface area contributed by atoms with Crippen LogP contribution in [0.3, 0.4) is 0 Å². The summed E-state index contributed by atoms with van der Waals surface area (Å²) in [4.78, 5) is 3.66. The quantitative estimate of drug-likeness (QED) is 0.593. The fraction of sp³-hybridized carbons (Fsp3) is 0.286. The Morgan fingerprint density at radius 1 is 1.62 bits per heavy atom. The van der Waals surface area contributed by atoms with Crippen molar-refractivity contribution in [3.8, 4) is 5.75 Å². The van der Waals surface area contributed by atoms with Gasteiger partial charge in [0.1, 0.15) is 16.0 Å². The van der Waals surface area contributed by atoms with Gasteiger partial charge in [-0.15, -0.1) is 0 Å². The predicted molar refractivity (Wildman–Crippen MR) is 56.2 cm³/mol. The minimum Gasteiger partial charge on any atom is -0.495 e. The van der Waals surface area contributed by atoms with E-state index in [0.717, 1.165) is 0 Å². The molecule has 0 spiro atoms. The topological polar surface area (TPSA) is 22.1 Å². The molecule has 0 bridgehead atoms. The first-order valence-corrected chi connectivity index (χ1v) is 5.11. The predicted octanol–water partition coefficient (Wildman–Crippen LogP) is 3.39. The summed E-state index contributed by atoms with van der Waals surface area (Å²) in [5.41, 5.74) is -0.288. The van der Waals surface area contributed by atoms with Gasteiger partial charge in [-0.3, -0.25) is 0 Å². The summed E-state index contributed by atoms with van der Waals surface area (Å²) in [6, 6.07) is 1.23. The van der Waals surface area contributed by atoms with Crippen LogP contribution in [0.4, 0.5) is 8.78 Å². The van der Waals surface area contributed by atoms with Crippen molar-refractivity contribution in [2.75, 3.05) is 7.11 Å². The minimum absolute atomic E-state index is 0.288. The highest BCUT2D eigenvalue weighted by Crippen LogP contribution is 2.30. The van der Waals surface area contributed by atoms with Gasteiger partial charge in [-0.25, -0.2) is 13.8 Å². The van der Waals surface area contributed by atoms with Crippen molar-refractivity contribution in [2.45, 2.75) is 6.43 Å². The molecule has 0 aliphatic heterocycles. The van der Waals surface area contributed by atoms with Crippen LogP contribution in [0.1, 0.15) is 12.1 Å². The lowest BCUT2D eigenvalue weighted by Gasteiger charge is -2.07. The molecule has 0 aliphatic carbocycles. The van der Waals surface area contributed by atoms with E-state index in [4.69, 9.17) is 4.74 Å². The fourth-order valence-corrected chi connectivity index (χ4v) is 1.65. The number of methoxy groups -OCH3 is 1. The van der Waals surface area contributed by atoms with Gasteiger partial charge >= 0.3 is 0 Å². The highest BCUT2D eigenvalue weighted by Gasteiger charge is 2.14. The summed E-state index contributed by atoms with van der Waals surface area (Å²) >= 11 is 5.04. The van der Waals surface area contributed by atoms with Crippen molar-refractivity contribution in [1.29, 1.82) is 0 Å². The average molecular weight is 364 g/mol. The van der Waals surface area contributed by atoms with Gasteiger partial charge in [-0.1, -0.05) is 0 Å². The molecule has 0 saturated heterocycles. The van der Waals surface area contributed by atoms with Gasteiger partial charge in [0.15, 0.2) is 0 Å². The standard InChI is InChI=1S/C7H5BrF2INO/c1-13-4-2-3(7(9)10)12-6(8)5(4)11/h2,7H,1H3. The molecule has 0 unspecified atom stereocenters. The van der Waals surface area contributed by atoms with E-state index < -0.39 is 6.43 Å². The van der Waals surface area contributed by atoms with Gasteiger partial charge in [0.05, 0.1) is 10.7 Å². The van der Waals surface area contributed by atoms with E-state index in [1.165, 1.54) is 13.2 Å². The van der Waals surface area contributed by atoms with Crippen LogP contribution >= 0.6 is 38.5 Å². The van der Waals surface area contributed by atoms with Gasteiger partial charge in [0.2, 0.25) is 0 Å². The molecule has 1 aromatic heterocycles. The lowest BCUT2D eigenvalue weighted by atomic mass is 10.3. The summed E-state index contributed by atoms with van der Waals surface area (Å²) in [5.74, 6) is 0.401. The van der Waals surface area contributed by atoms with Crippen molar-refractivity contribution in [1.82, 2.24) is 4.98 Å². The lowest BCUT2D eigenvalue weighted by Crippen LogP contribution is -1.96.